The standard InChI is InChI=1S/C26H37NO4/c1-26(2,3)22-8-11-23(12-9-22)31-24-10-7-19-13-18(5-6-20(19)14-24)15-27-16-21(17-28)25(29)30-4/h5-7,10,13-14,21-23,27-28H,8-9,11-12,15-17H2,1-4H3. The number of esters is 1. The topological polar surface area (TPSA) is 67.8 Å². The van der Waals surface area contributed by atoms with Gasteiger partial charge in [0.1, 0.15) is 5.75 Å². The Kier molecular flexibility index (Phi) is 7.95. The second-order valence-corrected chi connectivity index (χ2v) is 9.83. The molecule has 0 radical (unpaired) electrons. The summed E-state index contributed by atoms with van der Waals surface area (Å²) in [6, 6.07) is 12.6. The molecule has 170 valence electrons. The third-order valence-corrected chi connectivity index (χ3v) is 6.55. The van der Waals surface area contributed by atoms with Crippen molar-refractivity contribution in [2.75, 3.05) is 20.3 Å². The molecule has 2 N–H and O–H groups in total. The molecule has 0 bridgehead atoms. The Labute approximate surface area is 186 Å². The van der Waals surface area contributed by atoms with Gasteiger partial charge < -0.3 is 19.9 Å². The van der Waals surface area contributed by atoms with E-state index < -0.39 is 11.9 Å². The first-order chi connectivity index (χ1) is 14.8. The van der Waals surface area contributed by atoms with E-state index in [9.17, 15) is 9.90 Å². The molecule has 0 aliphatic heterocycles. The van der Waals surface area contributed by atoms with Crippen molar-refractivity contribution in [2.45, 2.75) is 59.1 Å². The van der Waals surface area contributed by atoms with Gasteiger partial charge in [0.2, 0.25) is 0 Å². The monoisotopic (exact) mass is 427 g/mol. The van der Waals surface area contributed by atoms with E-state index in [1.165, 1.54) is 20.0 Å². The van der Waals surface area contributed by atoms with Crippen LogP contribution in [0.3, 0.4) is 0 Å². The van der Waals surface area contributed by atoms with E-state index in [-0.39, 0.29) is 6.61 Å². The van der Waals surface area contributed by atoms with Crippen molar-refractivity contribution in [1.29, 1.82) is 0 Å². The number of carbonyl (C=O) groups excluding carboxylic acids is 1. The molecular formula is C26H37NO4. The van der Waals surface area contributed by atoms with Crippen LogP contribution in [-0.2, 0) is 16.1 Å². The summed E-state index contributed by atoms with van der Waals surface area (Å²) >= 11 is 0. The lowest BCUT2D eigenvalue weighted by atomic mass is 9.72. The highest BCUT2D eigenvalue weighted by molar-refractivity contribution is 5.84. The fraction of sp³-hybridized carbons (Fsp3) is 0.577. The number of aliphatic hydroxyl groups excluding tert-OH is 1. The molecule has 1 aliphatic carbocycles. The minimum Gasteiger partial charge on any atom is -0.490 e. The van der Waals surface area contributed by atoms with Crippen LogP contribution in [0.25, 0.3) is 10.8 Å². The molecule has 0 aromatic heterocycles. The van der Waals surface area contributed by atoms with Crippen LogP contribution < -0.4 is 10.1 Å². The lowest BCUT2D eigenvalue weighted by Crippen LogP contribution is -2.31. The zero-order chi connectivity index (χ0) is 22.4. The maximum absolute atomic E-state index is 11.6. The summed E-state index contributed by atoms with van der Waals surface area (Å²) < 4.78 is 11.0. The second kappa shape index (κ2) is 10.5. The zero-order valence-electron chi connectivity index (χ0n) is 19.3. The lowest BCUT2D eigenvalue weighted by molar-refractivity contribution is -0.146. The third-order valence-electron chi connectivity index (χ3n) is 6.55. The van der Waals surface area contributed by atoms with E-state index in [0.29, 0.717) is 24.6 Å². The Morgan fingerprint density at radius 1 is 1.10 bits per heavy atom. The number of rotatable bonds is 8. The van der Waals surface area contributed by atoms with E-state index in [4.69, 9.17) is 9.47 Å². The van der Waals surface area contributed by atoms with Gasteiger partial charge in [-0.1, -0.05) is 39.0 Å². The predicted molar refractivity (Wildman–Crippen MR) is 124 cm³/mol. The number of hydrogen-bond donors (Lipinski definition) is 2. The first-order valence-corrected chi connectivity index (χ1v) is 11.4. The SMILES string of the molecule is COC(=O)C(CO)CNCc1ccc2cc(OC3CCC(C(C)(C)C)CC3)ccc2c1. The van der Waals surface area contributed by atoms with Crippen molar-refractivity contribution in [3.05, 3.63) is 42.0 Å². The molecule has 2 aromatic rings. The fourth-order valence-corrected chi connectivity index (χ4v) is 4.48. The van der Waals surface area contributed by atoms with Crippen molar-refractivity contribution in [3.63, 3.8) is 0 Å². The maximum atomic E-state index is 11.6. The highest BCUT2D eigenvalue weighted by Gasteiger charge is 2.30. The Hall–Kier alpha value is -2.11. The van der Waals surface area contributed by atoms with Gasteiger partial charge in [0, 0.05) is 13.1 Å². The number of methoxy groups -OCH3 is 1. The molecule has 0 heterocycles. The normalized spacial score (nSPS) is 20.4. The maximum Gasteiger partial charge on any atom is 0.312 e. The number of hydrogen-bond acceptors (Lipinski definition) is 5. The number of benzene rings is 2. The van der Waals surface area contributed by atoms with Crippen molar-refractivity contribution in [2.24, 2.45) is 17.3 Å². The summed E-state index contributed by atoms with van der Waals surface area (Å²) in [7, 11) is 1.34. The van der Waals surface area contributed by atoms with Gasteiger partial charge in [0.25, 0.3) is 0 Å². The number of carbonyl (C=O) groups is 1. The van der Waals surface area contributed by atoms with Gasteiger partial charge >= 0.3 is 5.97 Å². The van der Waals surface area contributed by atoms with E-state index in [1.807, 2.05) is 0 Å². The number of aliphatic hydroxyl groups is 1. The largest absolute Gasteiger partial charge is 0.490 e. The quantitative estimate of drug-likeness (QED) is 0.598. The highest BCUT2D eigenvalue weighted by atomic mass is 16.5. The molecule has 0 saturated heterocycles. The molecule has 0 spiro atoms. The van der Waals surface area contributed by atoms with Crippen LogP contribution in [0.2, 0.25) is 0 Å². The second-order valence-electron chi connectivity index (χ2n) is 9.83. The number of ether oxygens (including phenoxy) is 2. The van der Waals surface area contributed by atoms with Crippen LogP contribution in [0.4, 0.5) is 0 Å². The molecule has 0 amide bonds. The van der Waals surface area contributed by atoms with Gasteiger partial charge in [-0.2, -0.15) is 0 Å². The number of fused-ring (bicyclic) bond motifs is 1. The molecule has 5 heteroatoms. The summed E-state index contributed by atoms with van der Waals surface area (Å²) in [5.74, 6) is 0.800. The Morgan fingerprint density at radius 2 is 1.77 bits per heavy atom. The van der Waals surface area contributed by atoms with E-state index in [2.05, 4.69) is 62.5 Å². The van der Waals surface area contributed by atoms with Crippen LogP contribution in [0.15, 0.2) is 36.4 Å². The molecule has 1 saturated carbocycles. The van der Waals surface area contributed by atoms with Crippen LogP contribution in [0.1, 0.15) is 52.0 Å². The van der Waals surface area contributed by atoms with E-state index in [0.717, 1.165) is 40.8 Å². The van der Waals surface area contributed by atoms with Crippen LogP contribution in [0, 0.1) is 17.3 Å². The molecule has 1 aliphatic rings. The third kappa shape index (κ3) is 6.44. The molecular weight excluding hydrogens is 390 g/mol. The van der Waals surface area contributed by atoms with Gasteiger partial charge in [-0.3, -0.25) is 4.79 Å². The van der Waals surface area contributed by atoms with Crippen LogP contribution >= 0.6 is 0 Å². The average Bonchev–Trinajstić information content (AvgIpc) is 2.76. The molecule has 2 aromatic carbocycles. The summed E-state index contributed by atoms with van der Waals surface area (Å²) in [6.45, 7) is 7.81. The highest BCUT2D eigenvalue weighted by Crippen LogP contribution is 2.39. The van der Waals surface area contributed by atoms with Gasteiger partial charge in [-0.25, -0.2) is 0 Å². The van der Waals surface area contributed by atoms with Crippen molar-refractivity contribution in [1.82, 2.24) is 5.32 Å². The molecule has 1 fully saturated rings. The Morgan fingerprint density at radius 3 is 2.42 bits per heavy atom. The summed E-state index contributed by atoms with van der Waals surface area (Å²) in [5, 5.41) is 14.9. The Balaban J connectivity index is 1.55. The van der Waals surface area contributed by atoms with Gasteiger partial charge in [0.15, 0.2) is 0 Å². The summed E-state index contributed by atoms with van der Waals surface area (Å²) in [5.41, 5.74) is 1.52. The van der Waals surface area contributed by atoms with Crippen molar-refractivity contribution in [3.8, 4) is 5.75 Å². The van der Waals surface area contributed by atoms with Crippen molar-refractivity contribution < 1.29 is 19.4 Å². The lowest BCUT2D eigenvalue weighted by Gasteiger charge is -2.37. The fourth-order valence-electron chi connectivity index (χ4n) is 4.48. The van der Waals surface area contributed by atoms with Gasteiger partial charge in [0.05, 0.1) is 25.7 Å². The zero-order valence-corrected chi connectivity index (χ0v) is 19.3. The molecule has 5 nitrogen and oxygen atoms in total. The van der Waals surface area contributed by atoms with E-state index >= 15 is 0 Å². The van der Waals surface area contributed by atoms with E-state index in [1.54, 1.807) is 0 Å². The average molecular weight is 428 g/mol. The number of nitrogens with one attached hydrogen (secondary N) is 1. The molecule has 3 rings (SSSR count). The smallest absolute Gasteiger partial charge is 0.312 e. The summed E-state index contributed by atoms with van der Waals surface area (Å²) in [6.07, 6.45) is 5.06. The first-order valence-electron chi connectivity index (χ1n) is 11.4. The molecule has 1 unspecified atom stereocenters. The minimum atomic E-state index is -0.538. The van der Waals surface area contributed by atoms with Gasteiger partial charge in [-0.05, 0) is 71.6 Å². The van der Waals surface area contributed by atoms with Gasteiger partial charge in [-0.15, -0.1) is 0 Å². The summed E-state index contributed by atoms with van der Waals surface area (Å²) in [4.78, 5) is 11.6. The van der Waals surface area contributed by atoms with Crippen molar-refractivity contribution >= 4 is 16.7 Å². The molecule has 1 atom stereocenters. The first kappa shape index (κ1) is 23.6. The molecule has 31 heavy (non-hydrogen) atoms. The predicted octanol–water partition coefficient (Wildman–Crippen LogP) is 4.69. The van der Waals surface area contributed by atoms with Crippen LogP contribution in [-0.4, -0.2) is 37.4 Å². The minimum absolute atomic E-state index is 0.224. The van der Waals surface area contributed by atoms with Crippen LogP contribution in [0.5, 0.6) is 5.75 Å². The Bertz CT molecular complexity index is 865.